The van der Waals surface area contributed by atoms with Gasteiger partial charge in [0, 0.05) is 12.6 Å². The van der Waals surface area contributed by atoms with Crippen LogP contribution in [0.3, 0.4) is 0 Å². The summed E-state index contributed by atoms with van der Waals surface area (Å²) >= 11 is 0. The van der Waals surface area contributed by atoms with Gasteiger partial charge in [-0.3, -0.25) is 0 Å². The average Bonchev–Trinajstić information content (AvgIpc) is 2.37. The Morgan fingerprint density at radius 2 is 1.79 bits per heavy atom. The second kappa shape index (κ2) is 6.94. The van der Waals surface area contributed by atoms with Crippen molar-refractivity contribution in [2.75, 3.05) is 0 Å². The Morgan fingerprint density at radius 1 is 1.16 bits per heavy atom. The van der Waals surface area contributed by atoms with Gasteiger partial charge < -0.3 is 5.32 Å². The molecule has 108 valence electrons. The summed E-state index contributed by atoms with van der Waals surface area (Å²) in [6, 6.07) is 5.81. The predicted molar refractivity (Wildman–Crippen MR) is 71.8 cm³/mol. The van der Waals surface area contributed by atoms with E-state index >= 15 is 0 Å². The third-order valence-corrected chi connectivity index (χ3v) is 3.64. The lowest BCUT2D eigenvalue weighted by Gasteiger charge is -2.22. The van der Waals surface area contributed by atoms with Crippen LogP contribution in [0.4, 0.5) is 13.2 Å². The van der Waals surface area contributed by atoms with E-state index in [2.05, 4.69) is 26.1 Å². The van der Waals surface area contributed by atoms with E-state index in [-0.39, 0.29) is 0 Å². The molecule has 1 atom stereocenters. The summed E-state index contributed by atoms with van der Waals surface area (Å²) in [5.74, 6) is 0.561. The topological polar surface area (TPSA) is 12.0 Å². The first-order valence-electron chi connectivity index (χ1n) is 6.78. The highest BCUT2D eigenvalue weighted by Gasteiger charge is 2.30. The molecule has 0 heterocycles. The number of rotatable bonds is 6. The quantitative estimate of drug-likeness (QED) is 0.797. The Morgan fingerprint density at radius 3 is 2.32 bits per heavy atom. The van der Waals surface area contributed by atoms with Gasteiger partial charge in [0.1, 0.15) is 0 Å². The monoisotopic (exact) mass is 273 g/mol. The van der Waals surface area contributed by atoms with E-state index < -0.39 is 11.7 Å². The molecule has 4 heteroatoms. The van der Waals surface area contributed by atoms with Crippen molar-refractivity contribution in [3.05, 3.63) is 35.4 Å². The van der Waals surface area contributed by atoms with Gasteiger partial charge in [-0.05, 0) is 24.5 Å². The molecule has 0 saturated carbocycles. The van der Waals surface area contributed by atoms with Gasteiger partial charge in [-0.2, -0.15) is 13.2 Å². The van der Waals surface area contributed by atoms with Gasteiger partial charge in [0.05, 0.1) is 5.56 Å². The number of nitrogens with one attached hydrogen (secondary N) is 1. The SMILES string of the molecule is CCC(CC)C(C)NCc1cccc(C(F)(F)F)c1. The summed E-state index contributed by atoms with van der Waals surface area (Å²) in [5.41, 5.74) is 0.0922. The highest BCUT2D eigenvalue weighted by atomic mass is 19.4. The zero-order valence-electron chi connectivity index (χ0n) is 11.7. The van der Waals surface area contributed by atoms with E-state index in [0.29, 0.717) is 24.1 Å². The van der Waals surface area contributed by atoms with Crippen LogP contribution in [0.25, 0.3) is 0 Å². The summed E-state index contributed by atoms with van der Waals surface area (Å²) in [4.78, 5) is 0. The number of hydrogen-bond donors (Lipinski definition) is 1. The first kappa shape index (κ1) is 16.0. The molecule has 0 aromatic heterocycles. The van der Waals surface area contributed by atoms with Crippen molar-refractivity contribution in [3.63, 3.8) is 0 Å². The standard InChI is InChI=1S/C15H22F3N/c1-4-13(5-2)11(3)19-10-12-7-6-8-14(9-12)15(16,17)18/h6-9,11,13,19H,4-5,10H2,1-3H3. The molecule has 1 N–H and O–H groups in total. The van der Waals surface area contributed by atoms with E-state index in [1.165, 1.54) is 12.1 Å². The fourth-order valence-electron chi connectivity index (χ4n) is 2.30. The molecule has 0 aliphatic rings. The molecule has 0 aliphatic heterocycles. The minimum atomic E-state index is -4.27. The van der Waals surface area contributed by atoms with E-state index in [9.17, 15) is 13.2 Å². The summed E-state index contributed by atoms with van der Waals surface area (Å²) in [5, 5.41) is 3.31. The lowest BCUT2D eigenvalue weighted by Crippen LogP contribution is -2.32. The van der Waals surface area contributed by atoms with Gasteiger partial charge in [0.2, 0.25) is 0 Å². The van der Waals surface area contributed by atoms with Crippen molar-refractivity contribution in [1.82, 2.24) is 5.32 Å². The third-order valence-electron chi connectivity index (χ3n) is 3.64. The summed E-state index contributed by atoms with van der Waals surface area (Å²) in [6.07, 6.45) is -2.11. The van der Waals surface area contributed by atoms with Crippen LogP contribution in [0, 0.1) is 5.92 Å². The predicted octanol–water partition coefficient (Wildman–Crippen LogP) is 4.62. The molecule has 0 spiro atoms. The van der Waals surface area contributed by atoms with Crippen LogP contribution in [-0.4, -0.2) is 6.04 Å². The van der Waals surface area contributed by atoms with Crippen LogP contribution in [0.2, 0.25) is 0 Å². The number of hydrogen-bond acceptors (Lipinski definition) is 1. The van der Waals surface area contributed by atoms with Crippen LogP contribution in [0.15, 0.2) is 24.3 Å². The third kappa shape index (κ3) is 4.86. The maximum Gasteiger partial charge on any atom is 0.416 e. The Hall–Kier alpha value is -1.03. The van der Waals surface area contributed by atoms with Crippen LogP contribution < -0.4 is 5.32 Å². The van der Waals surface area contributed by atoms with Crippen LogP contribution in [0.5, 0.6) is 0 Å². The van der Waals surface area contributed by atoms with Gasteiger partial charge in [-0.15, -0.1) is 0 Å². The minimum absolute atomic E-state index is 0.310. The second-order valence-corrected chi connectivity index (χ2v) is 4.94. The Balaban J connectivity index is 2.63. The minimum Gasteiger partial charge on any atom is -0.310 e. The van der Waals surface area contributed by atoms with Crippen molar-refractivity contribution >= 4 is 0 Å². The van der Waals surface area contributed by atoms with Gasteiger partial charge in [0.15, 0.2) is 0 Å². The summed E-state index contributed by atoms with van der Waals surface area (Å²) in [6.45, 7) is 6.83. The van der Waals surface area contributed by atoms with Crippen LogP contribution in [0.1, 0.15) is 44.7 Å². The maximum atomic E-state index is 12.6. The van der Waals surface area contributed by atoms with Crippen molar-refractivity contribution < 1.29 is 13.2 Å². The molecule has 0 saturated heterocycles. The van der Waals surface area contributed by atoms with Crippen molar-refractivity contribution in [3.8, 4) is 0 Å². The van der Waals surface area contributed by atoms with Crippen molar-refractivity contribution in [2.24, 2.45) is 5.92 Å². The molecule has 1 rings (SSSR count). The highest BCUT2D eigenvalue weighted by Crippen LogP contribution is 2.29. The van der Waals surface area contributed by atoms with Gasteiger partial charge >= 0.3 is 6.18 Å². The summed E-state index contributed by atoms with van der Waals surface area (Å²) in [7, 11) is 0. The van der Waals surface area contributed by atoms with Crippen LogP contribution in [-0.2, 0) is 12.7 Å². The van der Waals surface area contributed by atoms with E-state index in [1.54, 1.807) is 6.07 Å². The molecule has 0 radical (unpaired) electrons. The highest BCUT2D eigenvalue weighted by molar-refractivity contribution is 5.25. The smallest absolute Gasteiger partial charge is 0.310 e. The first-order valence-corrected chi connectivity index (χ1v) is 6.78. The largest absolute Gasteiger partial charge is 0.416 e. The molecule has 1 unspecified atom stereocenters. The first-order chi connectivity index (χ1) is 8.88. The maximum absolute atomic E-state index is 12.6. The lowest BCUT2D eigenvalue weighted by molar-refractivity contribution is -0.137. The zero-order chi connectivity index (χ0) is 14.5. The van der Waals surface area contributed by atoms with Crippen molar-refractivity contribution in [2.45, 2.75) is 52.4 Å². The molecule has 1 nitrogen and oxygen atoms in total. The van der Waals surface area contributed by atoms with Gasteiger partial charge in [0.25, 0.3) is 0 Å². The van der Waals surface area contributed by atoms with E-state index in [0.717, 1.165) is 18.9 Å². The number of halogens is 3. The average molecular weight is 273 g/mol. The van der Waals surface area contributed by atoms with Gasteiger partial charge in [-0.25, -0.2) is 0 Å². The van der Waals surface area contributed by atoms with Crippen molar-refractivity contribution in [1.29, 1.82) is 0 Å². The molecule has 19 heavy (non-hydrogen) atoms. The fraction of sp³-hybridized carbons (Fsp3) is 0.600. The second-order valence-electron chi connectivity index (χ2n) is 4.94. The molecular weight excluding hydrogens is 251 g/mol. The van der Waals surface area contributed by atoms with Crippen LogP contribution >= 0.6 is 0 Å². The number of alkyl halides is 3. The molecule has 1 aromatic carbocycles. The molecule has 0 bridgehead atoms. The Kier molecular flexibility index (Phi) is 5.85. The lowest BCUT2D eigenvalue weighted by atomic mass is 9.95. The Bertz CT molecular complexity index is 383. The molecule has 0 amide bonds. The fourth-order valence-corrected chi connectivity index (χ4v) is 2.30. The molecular formula is C15H22F3N. The van der Waals surface area contributed by atoms with E-state index in [1.807, 2.05) is 0 Å². The number of benzene rings is 1. The zero-order valence-corrected chi connectivity index (χ0v) is 11.7. The summed E-state index contributed by atoms with van der Waals surface area (Å²) < 4.78 is 37.8. The van der Waals surface area contributed by atoms with Gasteiger partial charge in [-0.1, -0.05) is 44.9 Å². The molecule has 0 aliphatic carbocycles. The Labute approximate surface area is 113 Å². The normalized spacial score (nSPS) is 13.8. The van der Waals surface area contributed by atoms with E-state index in [4.69, 9.17) is 0 Å². The molecule has 0 fully saturated rings. The molecule has 1 aromatic rings.